The summed E-state index contributed by atoms with van der Waals surface area (Å²) in [5.41, 5.74) is 0.538. The van der Waals surface area contributed by atoms with Crippen molar-refractivity contribution in [1.29, 1.82) is 0 Å². The molecule has 0 fully saturated rings. The SMILES string of the molecule is CCNC(=O)C(CC)N(Cc1ccc(Cl)cc1Cl)C(=O)CN(c1ccc(F)c(Cl)c1)S(C)(=O)=O. The number of sulfonamides is 1. The number of nitrogens with zero attached hydrogens (tertiary/aromatic N) is 2. The standard InChI is InChI=1S/C22H25Cl3FN3O4S/c1-4-20(22(31)27-5-2)28(12-14-6-7-15(23)10-17(14)24)21(30)13-29(34(3,32)33)16-8-9-19(26)18(25)11-16/h6-11,20H,4-5,12-13H2,1-3H3,(H,27,31). The molecular formula is C22H25Cl3FN3O4S. The van der Waals surface area contributed by atoms with E-state index in [1.165, 1.54) is 17.0 Å². The normalized spacial score (nSPS) is 12.2. The second-order valence-corrected chi connectivity index (χ2v) is 10.6. The first kappa shape index (κ1) is 28.2. The number of halogens is 4. The van der Waals surface area contributed by atoms with Gasteiger partial charge in [0, 0.05) is 23.1 Å². The Morgan fingerprint density at radius 1 is 1.06 bits per heavy atom. The lowest BCUT2D eigenvalue weighted by Crippen LogP contribution is -2.52. The fourth-order valence-electron chi connectivity index (χ4n) is 3.30. The van der Waals surface area contributed by atoms with Gasteiger partial charge in [0.15, 0.2) is 0 Å². The highest BCUT2D eigenvalue weighted by molar-refractivity contribution is 7.92. The third kappa shape index (κ3) is 7.21. The molecule has 0 aliphatic carbocycles. The molecule has 0 radical (unpaired) electrons. The monoisotopic (exact) mass is 551 g/mol. The zero-order valence-electron chi connectivity index (χ0n) is 18.8. The van der Waals surface area contributed by atoms with Gasteiger partial charge in [-0.15, -0.1) is 0 Å². The van der Waals surface area contributed by atoms with Crippen molar-refractivity contribution in [3.05, 3.63) is 62.8 Å². The molecule has 0 heterocycles. The molecule has 1 atom stereocenters. The highest BCUT2D eigenvalue weighted by atomic mass is 35.5. The number of rotatable bonds is 10. The van der Waals surface area contributed by atoms with E-state index in [1.54, 1.807) is 26.0 Å². The predicted octanol–water partition coefficient (Wildman–Crippen LogP) is 4.50. The van der Waals surface area contributed by atoms with Crippen LogP contribution in [0.2, 0.25) is 15.1 Å². The van der Waals surface area contributed by atoms with Gasteiger partial charge in [0.05, 0.1) is 17.0 Å². The first-order valence-corrected chi connectivity index (χ1v) is 13.3. The van der Waals surface area contributed by atoms with E-state index in [0.29, 0.717) is 22.2 Å². The molecule has 2 aromatic carbocycles. The van der Waals surface area contributed by atoms with E-state index in [2.05, 4.69) is 5.32 Å². The topological polar surface area (TPSA) is 86.8 Å². The summed E-state index contributed by atoms with van der Waals surface area (Å²) < 4.78 is 39.5. The molecular weight excluding hydrogens is 528 g/mol. The molecule has 0 aliphatic rings. The number of benzene rings is 2. The van der Waals surface area contributed by atoms with Gasteiger partial charge in [0.2, 0.25) is 21.8 Å². The maximum Gasteiger partial charge on any atom is 0.244 e. The molecule has 0 spiro atoms. The van der Waals surface area contributed by atoms with Gasteiger partial charge >= 0.3 is 0 Å². The Bertz CT molecular complexity index is 1160. The van der Waals surface area contributed by atoms with E-state index in [-0.39, 0.29) is 29.6 Å². The van der Waals surface area contributed by atoms with E-state index in [1.807, 2.05) is 0 Å². The number of carbonyl (C=O) groups is 2. The van der Waals surface area contributed by atoms with E-state index in [9.17, 15) is 22.4 Å². The molecule has 0 saturated heterocycles. The number of hydrogen-bond donors (Lipinski definition) is 1. The van der Waals surface area contributed by atoms with Crippen LogP contribution in [0.1, 0.15) is 25.8 Å². The van der Waals surface area contributed by atoms with Crippen LogP contribution in [-0.2, 0) is 26.2 Å². The fraction of sp³-hybridized carbons (Fsp3) is 0.364. The van der Waals surface area contributed by atoms with Crippen molar-refractivity contribution in [1.82, 2.24) is 10.2 Å². The van der Waals surface area contributed by atoms with Gasteiger partial charge in [-0.1, -0.05) is 47.8 Å². The Kier molecular flexibility index (Phi) is 9.99. The van der Waals surface area contributed by atoms with E-state index in [4.69, 9.17) is 34.8 Å². The lowest BCUT2D eigenvalue weighted by molar-refractivity contribution is -0.140. The van der Waals surface area contributed by atoms with Gasteiger partial charge in [-0.25, -0.2) is 12.8 Å². The van der Waals surface area contributed by atoms with Crippen LogP contribution >= 0.6 is 34.8 Å². The summed E-state index contributed by atoms with van der Waals surface area (Å²) in [5.74, 6) is -1.78. The fourth-order valence-corrected chi connectivity index (χ4v) is 4.78. The molecule has 1 unspecified atom stereocenters. The summed E-state index contributed by atoms with van der Waals surface area (Å²) >= 11 is 18.1. The Morgan fingerprint density at radius 2 is 1.74 bits per heavy atom. The van der Waals surface area contributed by atoms with Gasteiger partial charge in [0.1, 0.15) is 18.4 Å². The van der Waals surface area contributed by atoms with Crippen LogP contribution in [0.4, 0.5) is 10.1 Å². The number of likely N-dealkylation sites (N-methyl/N-ethyl adjacent to an activating group) is 1. The van der Waals surface area contributed by atoms with Crippen molar-refractivity contribution in [3.63, 3.8) is 0 Å². The summed E-state index contributed by atoms with van der Waals surface area (Å²) in [6.07, 6.45) is 1.18. The molecule has 1 N–H and O–H groups in total. The summed E-state index contributed by atoms with van der Waals surface area (Å²) in [4.78, 5) is 27.5. The van der Waals surface area contributed by atoms with Gasteiger partial charge < -0.3 is 10.2 Å². The van der Waals surface area contributed by atoms with E-state index < -0.39 is 34.3 Å². The van der Waals surface area contributed by atoms with E-state index in [0.717, 1.165) is 22.7 Å². The maximum atomic E-state index is 13.6. The van der Waals surface area contributed by atoms with Crippen LogP contribution in [0.15, 0.2) is 36.4 Å². The Hall–Kier alpha value is -2.07. The number of amides is 2. The smallest absolute Gasteiger partial charge is 0.244 e. The highest BCUT2D eigenvalue weighted by Crippen LogP contribution is 2.26. The van der Waals surface area contributed by atoms with Gasteiger partial charge in [-0.2, -0.15) is 0 Å². The molecule has 2 rings (SSSR count). The lowest BCUT2D eigenvalue weighted by Gasteiger charge is -2.33. The predicted molar refractivity (Wildman–Crippen MR) is 133 cm³/mol. The Balaban J connectivity index is 2.48. The second kappa shape index (κ2) is 12.1. The third-order valence-electron chi connectivity index (χ3n) is 4.96. The molecule has 2 amide bonds. The minimum Gasteiger partial charge on any atom is -0.355 e. The molecule has 7 nitrogen and oxygen atoms in total. The number of hydrogen-bond acceptors (Lipinski definition) is 4. The first-order valence-electron chi connectivity index (χ1n) is 10.3. The minimum atomic E-state index is -3.97. The van der Waals surface area contributed by atoms with E-state index >= 15 is 0 Å². The highest BCUT2D eigenvalue weighted by Gasteiger charge is 2.32. The molecule has 0 bridgehead atoms. The van der Waals surface area contributed by atoms with Crippen LogP contribution in [0.3, 0.4) is 0 Å². The Labute approximate surface area is 213 Å². The van der Waals surface area contributed by atoms with Crippen molar-refractivity contribution in [2.75, 3.05) is 23.7 Å². The summed E-state index contributed by atoms with van der Waals surface area (Å²) in [5, 5.41) is 3.09. The van der Waals surface area contributed by atoms with Crippen LogP contribution in [0.5, 0.6) is 0 Å². The molecule has 0 aliphatic heterocycles. The number of carbonyl (C=O) groups excluding carboxylic acids is 2. The van der Waals surface area contributed by atoms with Crippen LogP contribution in [0.25, 0.3) is 0 Å². The molecule has 0 aromatic heterocycles. The lowest BCUT2D eigenvalue weighted by atomic mass is 10.1. The van der Waals surface area contributed by atoms with Crippen LogP contribution in [-0.4, -0.2) is 50.5 Å². The van der Waals surface area contributed by atoms with Gasteiger partial charge in [0.25, 0.3) is 0 Å². The maximum absolute atomic E-state index is 13.6. The molecule has 34 heavy (non-hydrogen) atoms. The molecule has 2 aromatic rings. The summed E-state index contributed by atoms with van der Waals surface area (Å²) in [6.45, 7) is 3.13. The number of anilines is 1. The Morgan fingerprint density at radius 3 is 2.26 bits per heavy atom. The molecule has 0 saturated carbocycles. The van der Waals surface area contributed by atoms with Crippen molar-refractivity contribution >= 4 is 62.3 Å². The molecule has 186 valence electrons. The largest absolute Gasteiger partial charge is 0.355 e. The van der Waals surface area contributed by atoms with Gasteiger partial charge in [-0.05, 0) is 49.2 Å². The zero-order valence-corrected chi connectivity index (χ0v) is 21.9. The first-order chi connectivity index (χ1) is 15.9. The zero-order chi connectivity index (χ0) is 25.6. The average molecular weight is 553 g/mol. The van der Waals surface area contributed by atoms with Crippen molar-refractivity contribution in [3.8, 4) is 0 Å². The van der Waals surface area contributed by atoms with Crippen molar-refractivity contribution in [2.45, 2.75) is 32.9 Å². The minimum absolute atomic E-state index is 0.0118. The number of nitrogens with one attached hydrogen (secondary N) is 1. The summed E-state index contributed by atoms with van der Waals surface area (Å²) in [6, 6.07) is 7.18. The second-order valence-electron chi connectivity index (χ2n) is 7.44. The molecule has 12 heteroatoms. The van der Waals surface area contributed by atoms with Gasteiger partial charge in [-0.3, -0.25) is 13.9 Å². The van der Waals surface area contributed by atoms with Crippen molar-refractivity contribution in [2.24, 2.45) is 0 Å². The third-order valence-corrected chi connectivity index (χ3v) is 6.98. The van der Waals surface area contributed by atoms with Crippen LogP contribution < -0.4 is 9.62 Å². The average Bonchev–Trinajstić information content (AvgIpc) is 2.74. The van der Waals surface area contributed by atoms with Crippen molar-refractivity contribution < 1.29 is 22.4 Å². The quantitative estimate of drug-likeness (QED) is 0.470. The summed E-state index contributed by atoms with van der Waals surface area (Å²) in [7, 11) is -3.97. The van der Waals surface area contributed by atoms with Crippen LogP contribution in [0, 0.1) is 5.82 Å².